The standard InChI is InChI=1S/C14H25N3/c1-4-6-10-17(3)14-7-9-16-12-13(14)11-15-8-5-2/h7,9,12,15H,4-6,8,10-11H2,1-3H3. The maximum atomic E-state index is 4.22. The summed E-state index contributed by atoms with van der Waals surface area (Å²) in [5, 5.41) is 3.44. The number of hydrogen-bond donors (Lipinski definition) is 1. The van der Waals surface area contributed by atoms with Gasteiger partial charge in [0.2, 0.25) is 0 Å². The van der Waals surface area contributed by atoms with E-state index in [4.69, 9.17) is 0 Å². The Kier molecular flexibility index (Phi) is 6.63. The molecule has 96 valence electrons. The SMILES string of the molecule is CCCCN(C)c1ccncc1CNCCC. The van der Waals surface area contributed by atoms with Crippen LogP contribution in [0.4, 0.5) is 5.69 Å². The average molecular weight is 235 g/mol. The summed E-state index contributed by atoms with van der Waals surface area (Å²) in [6, 6.07) is 2.11. The van der Waals surface area contributed by atoms with Gasteiger partial charge in [0, 0.05) is 43.8 Å². The molecular formula is C14H25N3. The van der Waals surface area contributed by atoms with Crippen LogP contribution in [0.3, 0.4) is 0 Å². The van der Waals surface area contributed by atoms with Crippen LogP contribution in [0.25, 0.3) is 0 Å². The first-order valence-electron chi connectivity index (χ1n) is 6.64. The lowest BCUT2D eigenvalue weighted by molar-refractivity contribution is 0.670. The fourth-order valence-corrected chi connectivity index (χ4v) is 1.84. The lowest BCUT2D eigenvalue weighted by atomic mass is 10.2. The van der Waals surface area contributed by atoms with E-state index in [0.29, 0.717) is 0 Å². The molecule has 1 N–H and O–H groups in total. The molecule has 0 aromatic carbocycles. The van der Waals surface area contributed by atoms with Gasteiger partial charge in [-0.2, -0.15) is 0 Å². The summed E-state index contributed by atoms with van der Waals surface area (Å²) in [6.07, 6.45) is 7.49. The molecule has 0 amide bonds. The first-order chi connectivity index (χ1) is 8.29. The van der Waals surface area contributed by atoms with Crippen molar-refractivity contribution >= 4 is 5.69 Å². The lowest BCUT2D eigenvalue weighted by Gasteiger charge is -2.22. The molecule has 1 aromatic heterocycles. The molecule has 0 atom stereocenters. The van der Waals surface area contributed by atoms with E-state index in [-0.39, 0.29) is 0 Å². The van der Waals surface area contributed by atoms with E-state index >= 15 is 0 Å². The second-order valence-electron chi connectivity index (χ2n) is 4.46. The Morgan fingerprint density at radius 3 is 2.82 bits per heavy atom. The van der Waals surface area contributed by atoms with Crippen LogP contribution in [-0.4, -0.2) is 25.1 Å². The van der Waals surface area contributed by atoms with E-state index in [0.717, 1.165) is 19.6 Å². The summed E-state index contributed by atoms with van der Waals surface area (Å²) in [6.45, 7) is 7.50. The molecule has 0 aliphatic carbocycles. The molecule has 0 aliphatic heterocycles. The number of pyridine rings is 1. The summed E-state index contributed by atoms with van der Waals surface area (Å²) < 4.78 is 0. The third-order valence-corrected chi connectivity index (χ3v) is 2.88. The van der Waals surface area contributed by atoms with Crippen molar-refractivity contribution in [2.75, 3.05) is 25.0 Å². The van der Waals surface area contributed by atoms with Crippen LogP contribution in [-0.2, 0) is 6.54 Å². The molecule has 0 unspecified atom stereocenters. The van der Waals surface area contributed by atoms with E-state index in [1.807, 2.05) is 12.4 Å². The summed E-state index contributed by atoms with van der Waals surface area (Å²) >= 11 is 0. The molecule has 0 aliphatic rings. The monoisotopic (exact) mass is 235 g/mol. The molecule has 3 heteroatoms. The first-order valence-corrected chi connectivity index (χ1v) is 6.64. The number of rotatable bonds is 8. The third-order valence-electron chi connectivity index (χ3n) is 2.88. The van der Waals surface area contributed by atoms with E-state index in [9.17, 15) is 0 Å². The van der Waals surface area contributed by atoms with Crippen molar-refractivity contribution in [1.82, 2.24) is 10.3 Å². The molecule has 0 saturated heterocycles. The van der Waals surface area contributed by atoms with Crippen LogP contribution in [0.2, 0.25) is 0 Å². The Morgan fingerprint density at radius 1 is 1.29 bits per heavy atom. The van der Waals surface area contributed by atoms with Crippen LogP contribution in [0, 0.1) is 0 Å². The minimum atomic E-state index is 0.910. The molecule has 0 bridgehead atoms. The zero-order valence-corrected chi connectivity index (χ0v) is 11.4. The number of hydrogen-bond acceptors (Lipinski definition) is 3. The topological polar surface area (TPSA) is 28.2 Å². The summed E-state index contributed by atoms with van der Waals surface area (Å²) in [4.78, 5) is 6.55. The smallest absolute Gasteiger partial charge is 0.0440 e. The highest BCUT2D eigenvalue weighted by Crippen LogP contribution is 2.18. The lowest BCUT2D eigenvalue weighted by Crippen LogP contribution is -2.22. The molecule has 1 heterocycles. The van der Waals surface area contributed by atoms with Gasteiger partial charge in [-0.15, -0.1) is 0 Å². The van der Waals surface area contributed by atoms with Crippen LogP contribution in [0.15, 0.2) is 18.5 Å². The van der Waals surface area contributed by atoms with Crippen molar-refractivity contribution in [3.05, 3.63) is 24.0 Å². The fourth-order valence-electron chi connectivity index (χ4n) is 1.84. The van der Waals surface area contributed by atoms with Gasteiger partial charge in [-0.25, -0.2) is 0 Å². The normalized spacial score (nSPS) is 10.5. The maximum absolute atomic E-state index is 4.22. The zero-order valence-electron chi connectivity index (χ0n) is 11.4. The molecular weight excluding hydrogens is 210 g/mol. The van der Waals surface area contributed by atoms with Crippen molar-refractivity contribution in [3.63, 3.8) is 0 Å². The fraction of sp³-hybridized carbons (Fsp3) is 0.643. The van der Waals surface area contributed by atoms with Crippen molar-refractivity contribution < 1.29 is 0 Å². The highest BCUT2D eigenvalue weighted by atomic mass is 15.1. The highest BCUT2D eigenvalue weighted by Gasteiger charge is 2.06. The van der Waals surface area contributed by atoms with Crippen molar-refractivity contribution in [2.45, 2.75) is 39.7 Å². The summed E-state index contributed by atoms with van der Waals surface area (Å²) in [5.74, 6) is 0. The molecule has 3 nitrogen and oxygen atoms in total. The zero-order chi connectivity index (χ0) is 12.5. The molecule has 17 heavy (non-hydrogen) atoms. The van der Waals surface area contributed by atoms with Gasteiger partial charge in [-0.05, 0) is 25.5 Å². The van der Waals surface area contributed by atoms with Gasteiger partial charge in [-0.1, -0.05) is 20.3 Å². The predicted molar refractivity (Wildman–Crippen MR) is 74.4 cm³/mol. The van der Waals surface area contributed by atoms with Crippen LogP contribution < -0.4 is 10.2 Å². The quantitative estimate of drug-likeness (QED) is 0.702. The third kappa shape index (κ3) is 4.73. The number of nitrogens with one attached hydrogen (secondary N) is 1. The number of aromatic nitrogens is 1. The van der Waals surface area contributed by atoms with Crippen molar-refractivity contribution in [3.8, 4) is 0 Å². The van der Waals surface area contributed by atoms with Gasteiger partial charge in [0.15, 0.2) is 0 Å². The van der Waals surface area contributed by atoms with Crippen LogP contribution >= 0.6 is 0 Å². The van der Waals surface area contributed by atoms with E-state index in [2.05, 4.69) is 42.2 Å². The molecule has 1 rings (SSSR count). The number of anilines is 1. The Morgan fingerprint density at radius 2 is 2.12 bits per heavy atom. The van der Waals surface area contributed by atoms with Gasteiger partial charge < -0.3 is 10.2 Å². The van der Waals surface area contributed by atoms with Gasteiger partial charge in [0.05, 0.1) is 0 Å². The van der Waals surface area contributed by atoms with Crippen LogP contribution in [0.1, 0.15) is 38.7 Å². The van der Waals surface area contributed by atoms with E-state index < -0.39 is 0 Å². The maximum Gasteiger partial charge on any atom is 0.0440 e. The van der Waals surface area contributed by atoms with Crippen molar-refractivity contribution in [2.24, 2.45) is 0 Å². The number of nitrogens with zero attached hydrogens (tertiary/aromatic N) is 2. The summed E-state index contributed by atoms with van der Waals surface area (Å²) in [5.41, 5.74) is 2.59. The second-order valence-corrected chi connectivity index (χ2v) is 4.46. The van der Waals surface area contributed by atoms with Gasteiger partial charge in [-0.3, -0.25) is 4.98 Å². The molecule has 1 aromatic rings. The Balaban J connectivity index is 2.62. The molecule has 0 radical (unpaired) electrons. The minimum absolute atomic E-state index is 0.910. The van der Waals surface area contributed by atoms with Crippen LogP contribution in [0.5, 0.6) is 0 Å². The Hall–Kier alpha value is -1.09. The van der Waals surface area contributed by atoms with E-state index in [1.54, 1.807) is 0 Å². The second kappa shape index (κ2) is 8.07. The number of unbranched alkanes of at least 4 members (excludes halogenated alkanes) is 1. The average Bonchev–Trinajstić information content (AvgIpc) is 2.37. The largest absolute Gasteiger partial charge is 0.374 e. The Labute approximate surface area is 105 Å². The van der Waals surface area contributed by atoms with Gasteiger partial charge in [0.25, 0.3) is 0 Å². The van der Waals surface area contributed by atoms with Gasteiger partial charge >= 0.3 is 0 Å². The predicted octanol–water partition coefficient (Wildman–Crippen LogP) is 2.82. The Bertz CT molecular complexity index is 312. The molecule has 0 saturated carbocycles. The first kappa shape index (κ1) is 14.0. The summed E-state index contributed by atoms with van der Waals surface area (Å²) in [7, 11) is 2.16. The minimum Gasteiger partial charge on any atom is -0.374 e. The molecule has 0 fully saturated rings. The van der Waals surface area contributed by atoms with E-state index in [1.165, 1.54) is 30.5 Å². The highest BCUT2D eigenvalue weighted by molar-refractivity contribution is 5.51. The molecule has 0 spiro atoms. The van der Waals surface area contributed by atoms with Crippen molar-refractivity contribution in [1.29, 1.82) is 0 Å². The van der Waals surface area contributed by atoms with Gasteiger partial charge in [0.1, 0.15) is 0 Å².